The molecule has 0 aromatic carbocycles. The van der Waals surface area contributed by atoms with Gasteiger partial charge < -0.3 is 10.3 Å². The Balaban J connectivity index is 2.12. The molecule has 0 radical (unpaired) electrons. The zero-order valence-corrected chi connectivity index (χ0v) is 11.8. The fourth-order valence-corrected chi connectivity index (χ4v) is 2.90. The zero-order valence-electron chi connectivity index (χ0n) is 10.2. The summed E-state index contributed by atoms with van der Waals surface area (Å²) < 4.78 is 31.5. The summed E-state index contributed by atoms with van der Waals surface area (Å²) in [5, 5.41) is 3.43. The standard InChI is InChI=1S/C10H11N5O3S2/c11-10(19)9-7(2-1-4-12-9)20(16,17)15-5-3-8-13-6-14-18-8/h1-2,4,6,15H,3,5H2,(H2,11,19). The van der Waals surface area contributed by atoms with Crippen LogP contribution >= 0.6 is 12.2 Å². The lowest BCUT2D eigenvalue weighted by Gasteiger charge is -2.08. The summed E-state index contributed by atoms with van der Waals surface area (Å²) in [6.07, 6.45) is 2.95. The van der Waals surface area contributed by atoms with E-state index in [0.29, 0.717) is 5.89 Å². The number of aromatic nitrogens is 3. The number of nitrogens with two attached hydrogens (primary N) is 1. The van der Waals surface area contributed by atoms with Crippen LogP contribution in [0.4, 0.5) is 0 Å². The fraction of sp³-hybridized carbons (Fsp3) is 0.200. The summed E-state index contributed by atoms with van der Waals surface area (Å²) in [6, 6.07) is 2.88. The van der Waals surface area contributed by atoms with Crippen LogP contribution < -0.4 is 10.5 Å². The van der Waals surface area contributed by atoms with Gasteiger partial charge in [-0.2, -0.15) is 4.98 Å². The lowest BCUT2D eigenvalue weighted by Crippen LogP contribution is -2.29. The number of hydrogen-bond donors (Lipinski definition) is 2. The maximum Gasteiger partial charge on any atom is 0.242 e. The normalized spacial score (nSPS) is 11.4. The highest BCUT2D eigenvalue weighted by atomic mass is 32.2. The van der Waals surface area contributed by atoms with Gasteiger partial charge in [-0.1, -0.05) is 17.4 Å². The van der Waals surface area contributed by atoms with E-state index in [4.69, 9.17) is 22.5 Å². The third-order valence-corrected chi connectivity index (χ3v) is 4.02. The van der Waals surface area contributed by atoms with E-state index in [1.807, 2.05) is 0 Å². The Kier molecular flexibility index (Phi) is 4.37. The molecule has 0 saturated carbocycles. The minimum atomic E-state index is -3.76. The maximum absolute atomic E-state index is 12.2. The van der Waals surface area contributed by atoms with Gasteiger partial charge in [-0.05, 0) is 12.1 Å². The van der Waals surface area contributed by atoms with Gasteiger partial charge in [-0.3, -0.25) is 4.98 Å². The molecule has 2 aromatic rings. The van der Waals surface area contributed by atoms with E-state index < -0.39 is 10.0 Å². The molecule has 106 valence electrons. The molecular formula is C10H11N5O3S2. The van der Waals surface area contributed by atoms with Gasteiger partial charge in [-0.15, -0.1) is 0 Å². The van der Waals surface area contributed by atoms with Crippen LogP contribution in [0.15, 0.2) is 34.1 Å². The SMILES string of the molecule is NC(=S)c1ncccc1S(=O)(=O)NCCc1ncno1. The first-order valence-corrected chi connectivity index (χ1v) is 7.40. The lowest BCUT2D eigenvalue weighted by molar-refractivity contribution is 0.377. The average molecular weight is 313 g/mol. The van der Waals surface area contributed by atoms with E-state index in [2.05, 4.69) is 19.8 Å². The Labute approximate surface area is 120 Å². The van der Waals surface area contributed by atoms with Crippen molar-refractivity contribution in [3.05, 3.63) is 36.2 Å². The van der Waals surface area contributed by atoms with Crippen LogP contribution in [0.1, 0.15) is 11.6 Å². The maximum atomic E-state index is 12.2. The molecule has 0 atom stereocenters. The summed E-state index contributed by atoms with van der Waals surface area (Å²) in [5.41, 5.74) is 5.52. The first kappa shape index (κ1) is 14.5. The van der Waals surface area contributed by atoms with Crippen molar-refractivity contribution < 1.29 is 12.9 Å². The van der Waals surface area contributed by atoms with E-state index in [1.165, 1.54) is 24.7 Å². The Bertz CT molecular complexity index is 699. The van der Waals surface area contributed by atoms with Gasteiger partial charge in [0.2, 0.25) is 15.9 Å². The number of thiocarbonyl (C=S) groups is 1. The van der Waals surface area contributed by atoms with Gasteiger partial charge in [0.25, 0.3) is 0 Å². The quantitative estimate of drug-likeness (QED) is 0.692. The van der Waals surface area contributed by atoms with Crippen molar-refractivity contribution in [1.82, 2.24) is 19.8 Å². The van der Waals surface area contributed by atoms with Gasteiger partial charge in [-0.25, -0.2) is 13.1 Å². The lowest BCUT2D eigenvalue weighted by atomic mass is 10.3. The van der Waals surface area contributed by atoms with Gasteiger partial charge in [0, 0.05) is 19.2 Å². The molecule has 0 aliphatic carbocycles. The number of sulfonamides is 1. The molecular weight excluding hydrogens is 302 g/mol. The minimum absolute atomic E-state index is 0.0574. The summed E-state index contributed by atoms with van der Waals surface area (Å²) in [6.45, 7) is 0.107. The molecule has 3 N–H and O–H groups in total. The summed E-state index contributed by atoms with van der Waals surface area (Å²) in [7, 11) is -3.76. The summed E-state index contributed by atoms with van der Waals surface area (Å²) in [4.78, 5) is 7.53. The molecule has 0 unspecified atom stereocenters. The second kappa shape index (κ2) is 6.03. The molecule has 2 aromatic heterocycles. The number of nitrogens with zero attached hydrogens (tertiary/aromatic N) is 3. The van der Waals surface area contributed by atoms with Gasteiger partial charge in [0.05, 0.1) is 0 Å². The van der Waals surface area contributed by atoms with Gasteiger partial charge in [0.1, 0.15) is 15.6 Å². The molecule has 10 heteroatoms. The van der Waals surface area contributed by atoms with Gasteiger partial charge >= 0.3 is 0 Å². The monoisotopic (exact) mass is 313 g/mol. The van der Waals surface area contributed by atoms with Crippen molar-refractivity contribution in [2.45, 2.75) is 11.3 Å². The van der Waals surface area contributed by atoms with Crippen LogP contribution in [-0.4, -0.2) is 35.1 Å². The minimum Gasteiger partial charge on any atom is -0.388 e. The molecule has 0 saturated heterocycles. The van der Waals surface area contributed by atoms with E-state index in [-0.39, 0.29) is 28.5 Å². The number of nitrogens with one attached hydrogen (secondary N) is 1. The first-order chi connectivity index (χ1) is 9.50. The molecule has 0 amide bonds. The van der Waals surface area contributed by atoms with Crippen LogP contribution in [0.25, 0.3) is 0 Å². The molecule has 8 nitrogen and oxygen atoms in total. The van der Waals surface area contributed by atoms with Crippen molar-refractivity contribution >= 4 is 27.2 Å². The Morgan fingerprint density at radius 3 is 2.90 bits per heavy atom. The fourth-order valence-electron chi connectivity index (χ4n) is 1.47. The predicted octanol–water partition coefficient (Wildman–Crippen LogP) is -0.380. The summed E-state index contributed by atoms with van der Waals surface area (Å²) in [5.74, 6) is 0.341. The van der Waals surface area contributed by atoms with Gasteiger partial charge in [0.15, 0.2) is 6.33 Å². The topological polar surface area (TPSA) is 124 Å². The van der Waals surface area contributed by atoms with Crippen molar-refractivity contribution in [2.75, 3.05) is 6.54 Å². The average Bonchev–Trinajstić information content (AvgIpc) is 2.91. The van der Waals surface area contributed by atoms with E-state index in [1.54, 1.807) is 0 Å². The molecule has 2 heterocycles. The highest BCUT2D eigenvalue weighted by Crippen LogP contribution is 2.12. The Morgan fingerprint density at radius 1 is 1.45 bits per heavy atom. The molecule has 0 fully saturated rings. The third kappa shape index (κ3) is 3.35. The first-order valence-electron chi connectivity index (χ1n) is 5.51. The van der Waals surface area contributed by atoms with Crippen LogP contribution in [0.5, 0.6) is 0 Å². The highest BCUT2D eigenvalue weighted by molar-refractivity contribution is 7.89. The molecule has 2 rings (SSSR count). The third-order valence-electron chi connectivity index (χ3n) is 2.33. The van der Waals surface area contributed by atoms with Crippen LogP contribution in [0, 0.1) is 0 Å². The van der Waals surface area contributed by atoms with E-state index in [9.17, 15) is 8.42 Å². The van der Waals surface area contributed by atoms with Crippen molar-refractivity contribution in [2.24, 2.45) is 5.73 Å². The molecule has 20 heavy (non-hydrogen) atoms. The zero-order chi connectivity index (χ0) is 14.6. The highest BCUT2D eigenvalue weighted by Gasteiger charge is 2.20. The van der Waals surface area contributed by atoms with Crippen LogP contribution in [-0.2, 0) is 16.4 Å². The van der Waals surface area contributed by atoms with Crippen molar-refractivity contribution in [3.63, 3.8) is 0 Å². The molecule has 0 spiro atoms. The second-order valence-electron chi connectivity index (χ2n) is 3.70. The largest absolute Gasteiger partial charge is 0.388 e. The Hall–Kier alpha value is -1.91. The Morgan fingerprint density at radius 2 is 2.25 bits per heavy atom. The molecule has 0 aliphatic heterocycles. The molecule has 0 bridgehead atoms. The smallest absolute Gasteiger partial charge is 0.242 e. The van der Waals surface area contributed by atoms with E-state index >= 15 is 0 Å². The number of pyridine rings is 1. The number of rotatable bonds is 6. The van der Waals surface area contributed by atoms with Crippen molar-refractivity contribution in [1.29, 1.82) is 0 Å². The molecule has 0 aliphatic rings. The second-order valence-corrected chi connectivity index (χ2v) is 5.87. The predicted molar refractivity (Wildman–Crippen MR) is 73.3 cm³/mol. The van der Waals surface area contributed by atoms with Crippen LogP contribution in [0.2, 0.25) is 0 Å². The number of hydrogen-bond acceptors (Lipinski definition) is 7. The van der Waals surface area contributed by atoms with E-state index in [0.717, 1.165) is 0 Å². The van der Waals surface area contributed by atoms with Crippen molar-refractivity contribution in [3.8, 4) is 0 Å². The van der Waals surface area contributed by atoms with Crippen LogP contribution in [0.3, 0.4) is 0 Å². The summed E-state index contributed by atoms with van der Waals surface area (Å²) >= 11 is 4.79.